The molecule has 0 bridgehead atoms. The van der Waals surface area contributed by atoms with Crippen LogP contribution in [-0.4, -0.2) is 23.6 Å². The van der Waals surface area contributed by atoms with Gasteiger partial charge in [0.2, 0.25) is 5.95 Å². The number of hydrogen-bond donors (Lipinski definition) is 1. The fraction of sp³-hybridized carbons (Fsp3) is 0.375. The van der Waals surface area contributed by atoms with Gasteiger partial charge in [0.25, 0.3) is 0 Å². The van der Waals surface area contributed by atoms with Crippen LogP contribution in [0.25, 0.3) is 0 Å². The average molecular weight is 359 g/mol. The highest BCUT2D eigenvalue weighted by atomic mass is 35.5. The summed E-state index contributed by atoms with van der Waals surface area (Å²) in [7, 11) is 1.91. The van der Waals surface area contributed by atoms with Gasteiger partial charge >= 0.3 is 6.18 Å². The molecule has 0 unspecified atom stereocenters. The zero-order chi connectivity index (χ0) is 17.7. The molecule has 1 N–H and O–H groups in total. The van der Waals surface area contributed by atoms with Crippen LogP contribution < -0.4 is 10.2 Å². The first kappa shape index (κ1) is 18.3. The first-order valence-corrected chi connectivity index (χ1v) is 7.87. The van der Waals surface area contributed by atoms with Crippen molar-refractivity contribution in [2.24, 2.45) is 0 Å². The molecule has 0 saturated carbocycles. The van der Waals surface area contributed by atoms with Gasteiger partial charge in [-0.2, -0.15) is 18.2 Å². The van der Waals surface area contributed by atoms with Crippen molar-refractivity contribution in [3.8, 4) is 0 Å². The number of halogens is 4. The zero-order valence-corrected chi connectivity index (χ0v) is 14.1. The third-order valence-electron chi connectivity index (χ3n) is 3.41. The summed E-state index contributed by atoms with van der Waals surface area (Å²) < 4.78 is 38.7. The Morgan fingerprint density at radius 2 is 2.00 bits per heavy atom. The van der Waals surface area contributed by atoms with Gasteiger partial charge in [0, 0.05) is 25.5 Å². The lowest BCUT2D eigenvalue weighted by molar-refractivity contribution is -0.137. The van der Waals surface area contributed by atoms with Crippen molar-refractivity contribution in [2.45, 2.75) is 25.9 Å². The number of rotatable bonds is 6. The van der Waals surface area contributed by atoms with E-state index in [9.17, 15) is 13.2 Å². The highest BCUT2D eigenvalue weighted by Crippen LogP contribution is 2.36. The molecule has 0 atom stereocenters. The van der Waals surface area contributed by atoms with Crippen molar-refractivity contribution >= 4 is 29.1 Å². The lowest BCUT2D eigenvalue weighted by Crippen LogP contribution is -2.20. The fourth-order valence-electron chi connectivity index (χ4n) is 2.08. The van der Waals surface area contributed by atoms with Gasteiger partial charge in [0.05, 0.1) is 10.6 Å². The molecule has 0 radical (unpaired) electrons. The molecule has 1 heterocycles. The van der Waals surface area contributed by atoms with E-state index in [0.29, 0.717) is 5.82 Å². The van der Waals surface area contributed by atoms with E-state index in [1.54, 1.807) is 12.3 Å². The van der Waals surface area contributed by atoms with Crippen molar-refractivity contribution < 1.29 is 13.2 Å². The molecule has 1 aromatic carbocycles. The van der Waals surface area contributed by atoms with E-state index in [4.69, 9.17) is 11.6 Å². The Bertz CT molecular complexity index is 691. The number of nitrogens with zero attached hydrogens (tertiary/aromatic N) is 3. The summed E-state index contributed by atoms with van der Waals surface area (Å²) in [5.41, 5.74) is -0.675. The van der Waals surface area contributed by atoms with Crippen LogP contribution in [0.4, 0.5) is 30.6 Å². The van der Waals surface area contributed by atoms with Crippen LogP contribution in [0.1, 0.15) is 25.3 Å². The second-order valence-corrected chi connectivity index (χ2v) is 5.74. The first-order chi connectivity index (χ1) is 11.3. The van der Waals surface area contributed by atoms with Gasteiger partial charge in [0.15, 0.2) is 0 Å². The quantitative estimate of drug-likeness (QED) is 0.777. The van der Waals surface area contributed by atoms with Crippen LogP contribution in [0.2, 0.25) is 5.02 Å². The lowest BCUT2D eigenvalue weighted by Gasteiger charge is -2.18. The number of anilines is 3. The van der Waals surface area contributed by atoms with Gasteiger partial charge in [0.1, 0.15) is 5.82 Å². The third kappa shape index (κ3) is 4.74. The maximum atomic E-state index is 12.9. The van der Waals surface area contributed by atoms with Gasteiger partial charge < -0.3 is 10.2 Å². The van der Waals surface area contributed by atoms with E-state index in [-0.39, 0.29) is 16.7 Å². The predicted octanol–water partition coefficient (Wildman–Crippen LogP) is 5.13. The zero-order valence-electron chi connectivity index (χ0n) is 13.4. The van der Waals surface area contributed by atoms with Crippen LogP contribution in [0.15, 0.2) is 30.5 Å². The molecule has 0 aliphatic carbocycles. The minimum atomic E-state index is -4.52. The minimum Gasteiger partial charge on any atom is -0.360 e. The van der Waals surface area contributed by atoms with Gasteiger partial charge in [-0.3, -0.25) is 0 Å². The van der Waals surface area contributed by atoms with Crippen LogP contribution in [0.3, 0.4) is 0 Å². The van der Waals surface area contributed by atoms with Crippen LogP contribution in [0.5, 0.6) is 0 Å². The van der Waals surface area contributed by atoms with Crippen molar-refractivity contribution in [1.29, 1.82) is 0 Å². The monoisotopic (exact) mass is 358 g/mol. The topological polar surface area (TPSA) is 41.1 Å². The molecule has 0 amide bonds. The maximum Gasteiger partial charge on any atom is 0.417 e. The molecule has 0 spiro atoms. The Labute approximate surface area is 143 Å². The first-order valence-electron chi connectivity index (χ1n) is 7.49. The normalized spacial score (nSPS) is 11.4. The molecule has 0 aliphatic heterocycles. The molecular formula is C16H18ClF3N4. The molecule has 2 aromatic rings. The lowest BCUT2D eigenvalue weighted by atomic mass is 10.2. The molecule has 130 valence electrons. The molecule has 4 nitrogen and oxygen atoms in total. The highest BCUT2D eigenvalue weighted by Gasteiger charge is 2.33. The molecular weight excluding hydrogens is 341 g/mol. The number of unbranched alkanes of at least 4 members (excludes halogenated alkanes) is 1. The van der Waals surface area contributed by atoms with Gasteiger partial charge in [-0.05, 0) is 30.7 Å². The molecule has 0 saturated heterocycles. The SMILES string of the molecule is CCCCN(C)c1ccnc(Nc2ccc(Cl)c(C(F)(F)F)c2)n1. The van der Waals surface area contributed by atoms with Gasteiger partial charge in [-0.15, -0.1) is 0 Å². The standard InChI is InChI=1S/C16H18ClF3N4/c1-3-4-9-24(2)14-7-8-21-15(23-14)22-11-5-6-13(17)12(10-11)16(18,19)20/h5-8,10H,3-4,9H2,1-2H3,(H,21,22,23). The second-order valence-electron chi connectivity index (χ2n) is 5.33. The Hall–Kier alpha value is -2.02. The summed E-state index contributed by atoms with van der Waals surface area (Å²) in [5, 5.41) is 2.44. The summed E-state index contributed by atoms with van der Waals surface area (Å²) in [6.07, 6.45) is -0.869. The number of alkyl halides is 3. The van der Waals surface area contributed by atoms with Crippen LogP contribution in [0, 0.1) is 0 Å². The number of benzene rings is 1. The van der Waals surface area contributed by atoms with Gasteiger partial charge in [-0.25, -0.2) is 4.98 Å². The number of aromatic nitrogens is 2. The van der Waals surface area contributed by atoms with Gasteiger partial charge in [-0.1, -0.05) is 24.9 Å². The van der Waals surface area contributed by atoms with Crippen molar-refractivity contribution in [2.75, 3.05) is 23.8 Å². The molecule has 0 fully saturated rings. The largest absolute Gasteiger partial charge is 0.417 e. The molecule has 8 heteroatoms. The van der Waals surface area contributed by atoms with Crippen LogP contribution in [-0.2, 0) is 6.18 Å². The predicted molar refractivity (Wildman–Crippen MR) is 89.9 cm³/mol. The smallest absolute Gasteiger partial charge is 0.360 e. The Morgan fingerprint density at radius 1 is 1.25 bits per heavy atom. The maximum absolute atomic E-state index is 12.9. The second kappa shape index (κ2) is 7.70. The van der Waals surface area contributed by atoms with E-state index in [1.807, 2.05) is 11.9 Å². The Balaban J connectivity index is 2.20. The van der Waals surface area contributed by atoms with E-state index in [2.05, 4.69) is 22.2 Å². The number of hydrogen-bond acceptors (Lipinski definition) is 4. The van der Waals surface area contributed by atoms with Crippen molar-refractivity contribution in [3.63, 3.8) is 0 Å². The van der Waals surface area contributed by atoms with E-state index < -0.39 is 11.7 Å². The average Bonchev–Trinajstić information content (AvgIpc) is 2.53. The Kier molecular flexibility index (Phi) is 5.88. The fourth-order valence-corrected chi connectivity index (χ4v) is 2.31. The van der Waals surface area contributed by atoms with Crippen molar-refractivity contribution in [1.82, 2.24) is 9.97 Å². The van der Waals surface area contributed by atoms with E-state index in [1.165, 1.54) is 12.1 Å². The third-order valence-corrected chi connectivity index (χ3v) is 3.74. The summed E-state index contributed by atoms with van der Waals surface area (Å²) in [6, 6.07) is 5.35. The van der Waals surface area contributed by atoms with Crippen LogP contribution >= 0.6 is 11.6 Å². The molecule has 1 aromatic heterocycles. The summed E-state index contributed by atoms with van der Waals surface area (Å²) in [4.78, 5) is 10.3. The highest BCUT2D eigenvalue weighted by molar-refractivity contribution is 6.31. The van der Waals surface area contributed by atoms with Crippen molar-refractivity contribution in [3.05, 3.63) is 41.0 Å². The summed E-state index contributed by atoms with van der Waals surface area (Å²) in [6.45, 7) is 2.94. The van der Waals surface area contributed by atoms with E-state index >= 15 is 0 Å². The molecule has 0 aliphatic rings. The minimum absolute atomic E-state index is 0.222. The summed E-state index contributed by atoms with van der Waals surface area (Å²) in [5.74, 6) is 0.928. The van der Waals surface area contributed by atoms with E-state index in [0.717, 1.165) is 25.5 Å². The molecule has 2 rings (SSSR count). The molecule has 24 heavy (non-hydrogen) atoms. The summed E-state index contributed by atoms with van der Waals surface area (Å²) >= 11 is 5.61. The Morgan fingerprint density at radius 3 is 2.67 bits per heavy atom. The number of nitrogens with one attached hydrogen (secondary N) is 1.